The molecule has 5 nitrogen and oxygen atoms in total. The summed E-state index contributed by atoms with van der Waals surface area (Å²) in [6.07, 6.45) is 0. The summed E-state index contributed by atoms with van der Waals surface area (Å²) in [4.78, 5) is 3.06. The topological polar surface area (TPSA) is 108 Å². The second-order valence-corrected chi connectivity index (χ2v) is 4.05. The third-order valence-corrected chi connectivity index (χ3v) is 2.80. The Balaban J connectivity index is 2.60. The Hall–Kier alpha value is -2.56. The van der Waals surface area contributed by atoms with E-state index in [1.807, 2.05) is 0 Å². The van der Waals surface area contributed by atoms with Gasteiger partial charge in [-0.2, -0.15) is 0 Å². The maximum atomic E-state index is 9.89. The zero-order chi connectivity index (χ0) is 12.2. The lowest BCUT2D eigenvalue weighted by atomic mass is 10.1. The molecule has 86 valence electrons. The number of nitrogens with two attached hydrogens (primary N) is 2. The lowest BCUT2D eigenvalue weighted by molar-refractivity contribution is 0.477. The number of rotatable bonds is 0. The number of nitrogen functional groups attached to an aromatic ring is 2. The first-order valence-corrected chi connectivity index (χ1v) is 5.08. The van der Waals surface area contributed by atoms with Crippen molar-refractivity contribution >= 4 is 33.2 Å². The molecule has 7 N–H and O–H groups in total. The molecule has 5 heteroatoms. The molecule has 1 heterocycles. The average Bonchev–Trinajstić information content (AvgIpc) is 2.55. The summed E-state index contributed by atoms with van der Waals surface area (Å²) in [6.45, 7) is 0. The van der Waals surface area contributed by atoms with Crippen LogP contribution in [0.2, 0.25) is 0 Å². The number of phenolic OH excluding ortho intramolecular Hbond substituents is 2. The second-order valence-electron chi connectivity index (χ2n) is 4.05. The maximum absolute atomic E-state index is 9.89. The van der Waals surface area contributed by atoms with Gasteiger partial charge in [0.15, 0.2) is 0 Å². The molecule has 0 bridgehead atoms. The molecule has 2 aromatic carbocycles. The van der Waals surface area contributed by atoms with Crippen molar-refractivity contribution in [2.24, 2.45) is 0 Å². The van der Waals surface area contributed by atoms with E-state index in [1.54, 1.807) is 12.1 Å². The summed E-state index contributed by atoms with van der Waals surface area (Å²) in [5, 5.41) is 20.9. The molecule has 0 unspecified atom stereocenters. The van der Waals surface area contributed by atoms with E-state index in [2.05, 4.69) is 4.98 Å². The van der Waals surface area contributed by atoms with E-state index in [0.717, 1.165) is 0 Å². The second kappa shape index (κ2) is 2.98. The number of aromatic amines is 1. The largest absolute Gasteiger partial charge is 0.507 e. The maximum Gasteiger partial charge on any atom is 0.127 e. The van der Waals surface area contributed by atoms with Crippen LogP contribution in [-0.4, -0.2) is 15.2 Å². The highest BCUT2D eigenvalue weighted by Crippen LogP contribution is 2.39. The normalized spacial score (nSPS) is 11.3. The van der Waals surface area contributed by atoms with Gasteiger partial charge in [-0.05, 0) is 12.1 Å². The van der Waals surface area contributed by atoms with E-state index in [-0.39, 0.29) is 11.5 Å². The molecule has 0 atom stereocenters. The lowest BCUT2D eigenvalue weighted by Crippen LogP contribution is -1.84. The van der Waals surface area contributed by atoms with Crippen LogP contribution in [0.5, 0.6) is 11.5 Å². The summed E-state index contributed by atoms with van der Waals surface area (Å²) >= 11 is 0. The molecular weight excluding hydrogens is 218 g/mol. The van der Waals surface area contributed by atoms with E-state index >= 15 is 0 Å². The third kappa shape index (κ3) is 1.25. The van der Waals surface area contributed by atoms with Crippen molar-refractivity contribution in [2.45, 2.75) is 0 Å². The number of benzene rings is 2. The number of anilines is 2. The molecule has 0 aliphatic heterocycles. The monoisotopic (exact) mass is 229 g/mol. The average molecular weight is 229 g/mol. The molecule has 0 fully saturated rings. The zero-order valence-electron chi connectivity index (χ0n) is 8.86. The number of aromatic hydroxyl groups is 2. The molecule has 17 heavy (non-hydrogen) atoms. The Morgan fingerprint density at radius 1 is 0.765 bits per heavy atom. The predicted octanol–water partition coefficient (Wildman–Crippen LogP) is 1.90. The number of fused-ring (bicyclic) bond motifs is 3. The van der Waals surface area contributed by atoms with Crippen molar-refractivity contribution < 1.29 is 10.2 Å². The van der Waals surface area contributed by atoms with Crippen LogP contribution in [0, 0.1) is 0 Å². The minimum Gasteiger partial charge on any atom is -0.507 e. The van der Waals surface area contributed by atoms with Crippen molar-refractivity contribution in [3.63, 3.8) is 0 Å². The molecule has 1 aromatic heterocycles. The summed E-state index contributed by atoms with van der Waals surface area (Å²) in [5.41, 5.74) is 13.5. The number of nitrogens with one attached hydrogen (secondary N) is 1. The molecular formula is C12H11N3O2. The van der Waals surface area contributed by atoms with Crippen molar-refractivity contribution in [3.8, 4) is 11.5 Å². The first-order chi connectivity index (χ1) is 8.06. The van der Waals surface area contributed by atoms with E-state index in [4.69, 9.17) is 11.5 Å². The van der Waals surface area contributed by atoms with Crippen LogP contribution >= 0.6 is 0 Å². The molecule has 0 saturated carbocycles. The Labute approximate surface area is 96.3 Å². The summed E-state index contributed by atoms with van der Waals surface area (Å²) in [6, 6.07) is 6.30. The van der Waals surface area contributed by atoms with Gasteiger partial charge in [0, 0.05) is 23.5 Å². The first-order valence-electron chi connectivity index (χ1n) is 5.08. The van der Waals surface area contributed by atoms with Gasteiger partial charge in [-0.15, -0.1) is 0 Å². The third-order valence-electron chi connectivity index (χ3n) is 2.80. The Morgan fingerprint density at radius 3 is 1.59 bits per heavy atom. The predicted molar refractivity (Wildman–Crippen MR) is 68.0 cm³/mol. The van der Waals surface area contributed by atoms with Gasteiger partial charge >= 0.3 is 0 Å². The fourth-order valence-corrected chi connectivity index (χ4v) is 2.16. The SMILES string of the molecule is Nc1cc(O)c2c(c1)[nH]c1cc(N)cc(O)c12. The van der Waals surface area contributed by atoms with Crippen LogP contribution in [-0.2, 0) is 0 Å². The van der Waals surface area contributed by atoms with E-state index in [0.29, 0.717) is 33.2 Å². The van der Waals surface area contributed by atoms with Gasteiger partial charge in [0.05, 0.1) is 21.8 Å². The van der Waals surface area contributed by atoms with Crippen molar-refractivity contribution in [1.29, 1.82) is 0 Å². The molecule has 3 rings (SSSR count). The number of hydrogen-bond donors (Lipinski definition) is 5. The van der Waals surface area contributed by atoms with E-state index < -0.39 is 0 Å². The van der Waals surface area contributed by atoms with Gasteiger partial charge in [-0.3, -0.25) is 0 Å². The van der Waals surface area contributed by atoms with E-state index in [9.17, 15) is 10.2 Å². The van der Waals surface area contributed by atoms with Crippen molar-refractivity contribution in [2.75, 3.05) is 11.5 Å². The lowest BCUT2D eigenvalue weighted by Gasteiger charge is -2.00. The van der Waals surface area contributed by atoms with Gasteiger partial charge < -0.3 is 26.7 Å². The summed E-state index contributed by atoms with van der Waals surface area (Å²) in [5.74, 6) is 0.0673. The highest BCUT2D eigenvalue weighted by molar-refractivity contribution is 6.14. The molecule has 0 amide bonds. The minimum absolute atomic E-state index is 0.0336. The van der Waals surface area contributed by atoms with E-state index in [1.165, 1.54) is 12.1 Å². The van der Waals surface area contributed by atoms with Crippen LogP contribution in [0.4, 0.5) is 11.4 Å². The fourth-order valence-electron chi connectivity index (χ4n) is 2.16. The number of hydrogen-bond acceptors (Lipinski definition) is 4. The highest BCUT2D eigenvalue weighted by Gasteiger charge is 2.13. The fraction of sp³-hybridized carbons (Fsp3) is 0. The molecule has 0 aliphatic rings. The highest BCUT2D eigenvalue weighted by atomic mass is 16.3. The number of phenols is 2. The Bertz CT molecular complexity index is 684. The van der Waals surface area contributed by atoms with Gasteiger partial charge in [-0.1, -0.05) is 0 Å². The molecule has 0 radical (unpaired) electrons. The Morgan fingerprint density at radius 2 is 1.18 bits per heavy atom. The number of H-pyrrole nitrogens is 1. The number of aromatic nitrogens is 1. The van der Waals surface area contributed by atoms with Crippen LogP contribution in [0.3, 0.4) is 0 Å². The van der Waals surface area contributed by atoms with Crippen molar-refractivity contribution in [3.05, 3.63) is 24.3 Å². The quantitative estimate of drug-likeness (QED) is 0.379. The molecule has 0 aliphatic carbocycles. The molecule has 0 saturated heterocycles. The molecule has 0 spiro atoms. The van der Waals surface area contributed by atoms with Crippen LogP contribution < -0.4 is 11.5 Å². The first kappa shape index (κ1) is 9.65. The molecule has 3 aromatic rings. The van der Waals surface area contributed by atoms with Gasteiger partial charge in [-0.25, -0.2) is 0 Å². The Kier molecular flexibility index (Phi) is 1.69. The standard InChI is InChI=1S/C12H11N3O2/c13-5-1-7-11(9(16)3-5)12-8(15-7)2-6(14)4-10(12)17/h1-4,15-17H,13-14H2. The van der Waals surface area contributed by atoms with Crippen LogP contribution in [0.15, 0.2) is 24.3 Å². The van der Waals surface area contributed by atoms with Crippen molar-refractivity contribution in [1.82, 2.24) is 4.98 Å². The van der Waals surface area contributed by atoms with Crippen LogP contribution in [0.25, 0.3) is 21.8 Å². The van der Waals surface area contributed by atoms with Gasteiger partial charge in [0.2, 0.25) is 0 Å². The zero-order valence-corrected chi connectivity index (χ0v) is 8.86. The summed E-state index contributed by atoms with van der Waals surface area (Å²) < 4.78 is 0. The van der Waals surface area contributed by atoms with Gasteiger partial charge in [0.25, 0.3) is 0 Å². The summed E-state index contributed by atoms with van der Waals surface area (Å²) in [7, 11) is 0. The van der Waals surface area contributed by atoms with Gasteiger partial charge in [0.1, 0.15) is 11.5 Å². The minimum atomic E-state index is 0.0336. The smallest absolute Gasteiger partial charge is 0.127 e. The van der Waals surface area contributed by atoms with Crippen LogP contribution in [0.1, 0.15) is 0 Å².